The van der Waals surface area contributed by atoms with Gasteiger partial charge in [-0.3, -0.25) is 4.18 Å². The van der Waals surface area contributed by atoms with Crippen molar-refractivity contribution in [3.8, 4) is 0 Å². The van der Waals surface area contributed by atoms with Gasteiger partial charge in [0.2, 0.25) is 0 Å². The Kier molecular flexibility index (Phi) is 7.18. The topological polar surface area (TPSA) is 26.3 Å². The highest BCUT2D eigenvalue weighted by Crippen LogP contribution is 1.99. The van der Waals surface area contributed by atoms with Gasteiger partial charge in [0, 0.05) is 0 Å². The van der Waals surface area contributed by atoms with Crippen LogP contribution < -0.4 is 0 Å². The highest BCUT2D eigenvalue weighted by molar-refractivity contribution is 7.74. The van der Waals surface area contributed by atoms with E-state index in [0.717, 1.165) is 25.7 Å². The van der Waals surface area contributed by atoms with E-state index in [9.17, 15) is 8.09 Å². The second-order valence-electron chi connectivity index (χ2n) is 2.08. The zero-order valence-corrected chi connectivity index (χ0v) is 6.95. The van der Waals surface area contributed by atoms with E-state index in [0.29, 0.717) is 0 Å². The van der Waals surface area contributed by atoms with Crippen LogP contribution in [0.3, 0.4) is 0 Å². The number of hydrogen-bond donors (Lipinski definition) is 0. The molecular formula is C6H13FO2S. The molecular weight excluding hydrogens is 155 g/mol. The smallest absolute Gasteiger partial charge is 0.265 e. The van der Waals surface area contributed by atoms with Crippen molar-refractivity contribution in [2.75, 3.05) is 6.61 Å². The van der Waals surface area contributed by atoms with Crippen LogP contribution in [0.4, 0.5) is 3.89 Å². The second kappa shape index (κ2) is 7.15. The lowest BCUT2D eigenvalue weighted by Gasteiger charge is -1.95. The monoisotopic (exact) mass is 168 g/mol. The first-order valence-electron chi connectivity index (χ1n) is 3.48. The van der Waals surface area contributed by atoms with Gasteiger partial charge in [0.25, 0.3) is 0 Å². The molecule has 62 valence electrons. The van der Waals surface area contributed by atoms with E-state index in [-0.39, 0.29) is 6.61 Å². The van der Waals surface area contributed by atoms with Gasteiger partial charge in [-0.25, -0.2) is 0 Å². The summed E-state index contributed by atoms with van der Waals surface area (Å²) in [7, 11) is 0. The molecule has 0 rings (SSSR count). The average molecular weight is 168 g/mol. The third-order valence-electron chi connectivity index (χ3n) is 1.17. The quantitative estimate of drug-likeness (QED) is 0.448. The summed E-state index contributed by atoms with van der Waals surface area (Å²) >= 11 is -2.57. The second-order valence-corrected chi connectivity index (χ2v) is 2.70. The highest BCUT2D eigenvalue weighted by Gasteiger charge is 1.93. The third kappa shape index (κ3) is 8.04. The molecule has 0 amide bonds. The summed E-state index contributed by atoms with van der Waals surface area (Å²) in [6.07, 6.45) is 4.08. The Labute approximate surface area is 63.7 Å². The molecule has 0 N–H and O–H groups in total. The van der Waals surface area contributed by atoms with Crippen LogP contribution in [0, 0.1) is 0 Å². The van der Waals surface area contributed by atoms with Crippen molar-refractivity contribution in [3.05, 3.63) is 0 Å². The van der Waals surface area contributed by atoms with Crippen molar-refractivity contribution in [2.24, 2.45) is 0 Å². The minimum absolute atomic E-state index is 0.267. The molecule has 0 saturated carbocycles. The molecule has 0 saturated heterocycles. The molecule has 0 aliphatic heterocycles. The first-order chi connectivity index (χ1) is 4.77. The number of hydrogen-bond acceptors (Lipinski definition) is 2. The van der Waals surface area contributed by atoms with Crippen LogP contribution in [0.2, 0.25) is 0 Å². The molecule has 0 bridgehead atoms. The first-order valence-corrected chi connectivity index (χ1v) is 4.46. The molecule has 2 nitrogen and oxygen atoms in total. The van der Waals surface area contributed by atoms with Gasteiger partial charge in [0.1, 0.15) is 0 Å². The van der Waals surface area contributed by atoms with Gasteiger partial charge in [-0.05, 0) is 6.42 Å². The number of rotatable bonds is 6. The Hall–Kier alpha value is 0.0400. The molecule has 0 spiro atoms. The Morgan fingerprint density at radius 3 is 2.60 bits per heavy atom. The van der Waals surface area contributed by atoms with Crippen LogP contribution in [-0.4, -0.2) is 10.8 Å². The van der Waals surface area contributed by atoms with Gasteiger partial charge >= 0.3 is 11.5 Å². The van der Waals surface area contributed by atoms with E-state index in [4.69, 9.17) is 0 Å². The van der Waals surface area contributed by atoms with Gasteiger partial charge < -0.3 is 0 Å². The van der Waals surface area contributed by atoms with E-state index in [1.54, 1.807) is 0 Å². The SMILES string of the molecule is CCCCCCOS(=O)F. The highest BCUT2D eigenvalue weighted by atomic mass is 32.2. The zero-order chi connectivity index (χ0) is 7.82. The molecule has 10 heavy (non-hydrogen) atoms. The minimum Gasteiger partial charge on any atom is -0.265 e. The summed E-state index contributed by atoms with van der Waals surface area (Å²) in [4.78, 5) is 0. The summed E-state index contributed by atoms with van der Waals surface area (Å²) in [6.45, 7) is 2.36. The zero-order valence-electron chi connectivity index (χ0n) is 6.14. The predicted molar refractivity (Wildman–Crippen MR) is 39.3 cm³/mol. The van der Waals surface area contributed by atoms with E-state index in [1.807, 2.05) is 0 Å². The molecule has 0 aliphatic carbocycles. The van der Waals surface area contributed by atoms with Gasteiger partial charge in [-0.1, -0.05) is 26.2 Å². The normalized spacial score (nSPS) is 13.4. The number of unbranched alkanes of at least 4 members (excludes halogenated alkanes) is 3. The Morgan fingerprint density at radius 2 is 2.10 bits per heavy atom. The maximum Gasteiger partial charge on any atom is 0.344 e. The average Bonchev–Trinajstić information content (AvgIpc) is 1.87. The summed E-state index contributed by atoms with van der Waals surface area (Å²) in [5.41, 5.74) is 0. The standard InChI is InChI=1S/C6H13FO2S/c1-2-3-4-5-6-9-10(7)8/h2-6H2,1H3. The maximum atomic E-state index is 11.5. The fraction of sp³-hybridized carbons (Fsp3) is 1.00. The summed E-state index contributed by atoms with van der Waals surface area (Å²) in [6, 6.07) is 0. The largest absolute Gasteiger partial charge is 0.344 e. The van der Waals surface area contributed by atoms with Gasteiger partial charge in [-0.2, -0.15) is 4.21 Å². The van der Waals surface area contributed by atoms with Crippen molar-refractivity contribution >= 4 is 11.5 Å². The fourth-order valence-corrected chi connectivity index (χ4v) is 0.902. The van der Waals surface area contributed by atoms with Crippen molar-refractivity contribution in [3.63, 3.8) is 0 Å². The Bertz CT molecular complexity index is 97.7. The third-order valence-corrected chi connectivity index (χ3v) is 1.53. The number of halogens is 1. The van der Waals surface area contributed by atoms with Crippen molar-refractivity contribution in [2.45, 2.75) is 32.6 Å². The minimum atomic E-state index is -2.57. The Morgan fingerprint density at radius 1 is 1.40 bits per heavy atom. The summed E-state index contributed by atoms with van der Waals surface area (Å²) in [5, 5.41) is 0. The maximum absolute atomic E-state index is 11.5. The van der Waals surface area contributed by atoms with Crippen molar-refractivity contribution < 1.29 is 12.3 Å². The lowest BCUT2D eigenvalue weighted by atomic mass is 10.2. The molecule has 0 radical (unpaired) electrons. The predicted octanol–water partition coefficient (Wildman–Crippen LogP) is 2.13. The fourth-order valence-electron chi connectivity index (χ4n) is 0.653. The van der Waals surface area contributed by atoms with Crippen molar-refractivity contribution in [1.82, 2.24) is 0 Å². The lowest BCUT2D eigenvalue weighted by Crippen LogP contribution is -1.93. The van der Waals surface area contributed by atoms with Crippen LogP contribution in [0.1, 0.15) is 32.6 Å². The Balaban J connectivity index is 2.84. The van der Waals surface area contributed by atoms with Crippen LogP contribution >= 0.6 is 0 Å². The molecule has 0 aromatic carbocycles. The van der Waals surface area contributed by atoms with E-state index < -0.39 is 11.5 Å². The molecule has 0 aromatic rings. The van der Waals surface area contributed by atoms with Crippen molar-refractivity contribution in [1.29, 1.82) is 0 Å². The first kappa shape index (κ1) is 10.0. The lowest BCUT2D eigenvalue weighted by molar-refractivity contribution is 0.316. The van der Waals surface area contributed by atoms with E-state index in [1.165, 1.54) is 0 Å². The molecule has 4 heteroatoms. The molecule has 1 unspecified atom stereocenters. The molecule has 0 aliphatic rings. The molecule has 1 atom stereocenters. The molecule has 0 fully saturated rings. The van der Waals surface area contributed by atoms with Crippen LogP contribution in [-0.2, 0) is 15.6 Å². The van der Waals surface area contributed by atoms with Gasteiger partial charge in [0.15, 0.2) is 0 Å². The van der Waals surface area contributed by atoms with Crippen LogP contribution in [0.15, 0.2) is 0 Å². The molecule has 0 heterocycles. The summed E-state index contributed by atoms with van der Waals surface area (Å²) in [5.74, 6) is 0. The van der Waals surface area contributed by atoms with Gasteiger partial charge in [-0.15, -0.1) is 3.89 Å². The van der Waals surface area contributed by atoms with Crippen LogP contribution in [0.5, 0.6) is 0 Å². The summed E-state index contributed by atoms with van der Waals surface area (Å²) < 4.78 is 25.4. The van der Waals surface area contributed by atoms with E-state index in [2.05, 4.69) is 11.1 Å². The van der Waals surface area contributed by atoms with Gasteiger partial charge in [0.05, 0.1) is 6.61 Å². The van der Waals surface area contributed by atoms with Crippen LogP contribution in [0.25, 0.3) is 0 Å². The molecule has 0 aromatic heterocycles. The van der Waals surface area contributed by atoms with E-state index >= 15 is 0 Å².